The van der Waals surface area contributed by atoms with Crippen molar-refractivity contribution in [2.45, 2.75) is 38.8 Å². The van der Waals surface area contributed by atoms with Gasteiger partial charge in [-0.2, -0.15) is 8.78 Å². The summed E-state index contributed by atoms with van der Waals surface area (Å²) in [6.07, 6.45) is 3.74. The van der Waals surface area contributed by atoms with Gasteiger partial charge in [-0.1, -0.05) is 22.4 Å². The van der Waals surface area contributed by atoms with E-state index in [1.54, 1.807) is 12.1 Å². The quantitative estimate of drug-likeness (QED) is 0.723. The zero-order valence-electron chi connectivity index (χ0n) is 12.9. The summed E-state index contributed by atoms with van der Waals surface area (Å²) in [5.74, 6) is 0.370. The highest BCUT2D eigenvalue weighted by molar-refractivity contribution is 9.10. The molecule has 1 aliphatic heterocycles. The number of carbonyl (C=O) groups is 1. The number of hydrogen-bond donors (Lipinski definition) is 1. The second kappa shape index (κ2) is 9.17. The Hall–Kier alpha value is -1.21. The molecule has 0 unspecified atom stereocenters. The van der Waals surface area contributed by atoms with Crippen LogP contribution in [0.1, 0.15) is 31.2 Å². The monoisotopic (exact) mass is 390 g/mol. The summed E-state index contributed by atoms with van der Waals surface area (Å²) in [5.41, 5.74) is 0.655. The van der Waals surface area contributed by atoms with Gasteiger partial charge in [0.15, 0.2) is 0 Å². The van der Waals surface area contributed by atoms with Crippen LogP contribution in [0.2, 0.25) is 0 Å². The van der Waals surface area contributed by atoms with E-state index in [9.17, 15) is 13.6 Å². The van der Waals surface area contributed by atoms with Crippen molar-refractivity contribution in [3.8, 4) is 5.75 Å². The van der Waals surface area contributed by atoms with Gasteiger partial charge in [-0.15, -0.1) is 0 Å². The van der Waals surface area contributed by atoms with Crippen molar-refractivity contribution >= 4 is 21.8 Å². The molecule has 2 rings (SSSR count). The van der Waals surface area contributed by atoms with E-state index in [-0.39, 0.29) is 11.7 Å². The van der Waals surface area contributed by atoms with Crippen molar-refractivity contribution in [1.29, 1.82) is 0 Å². The zero-order valence-corrected chi connectivity index (χ0v) is 14.4. The van der Waals surface area contributed by atoms with Crippen LogP contribution in [0.25, 0.3) is 0 Å². The van der Waals surface area contributed by atoms with E-state index in [0.717, 1.165) is 30.3 Å². The van der Waals surface area contributed by atoms with Gasteiger partial charge in [0.05, 0.1) is 0 Å². The third-order valence-corrected chi connectivity index (χ3v) is 4.28. The average Bonchev–Trinajstić information content (AvgIpc) is 2.70. The van der Waals surface area contributed by atoms with E-state index >= 15 is 0 Å². The molecule has 1 saturated heterocycles. The Labute approximate surface area is 143 Å². The second-order valence-electron chi connectivity index (χ2n) is 5.50. The molecule has 1 heterocycles. The predicted octanol–water partition coefficient (Wildman–Crippen LogP) is 3.54. The number of alkyl halides is 2. The zero-order chi connectivity index (χ0) is 16.7. The van der Waals surface area contributed by atoms with Crippen LogP contribution in [0.4, 0.5) is 8.78 Å². The lowest BCUT2D eigenvalue weighted by Crippen LogP contribution is -2.36. The summed E-state index contributed by atoms with van der Waals surface area (Å²) in [7, 11) is 0. The van der Waals surface area contributed by atoms with E-state index in [4.69, 9.17) is 0 Å². The molecule has 0 radical (unpaired) electrons. The van der Waals surface area contributed by atoms with Crippen LogP contribution in [0, 0.1) is 0 Å². The molecule has 0 atom stereocenters. The molecule has 1 fully saturated rings. The van der Waals surface area contributed by atoms with Crippen molar-refractivity contribution in [3.05, 3.63) is 28.2 Å². The highest BCUT2D eigenvalue weighted by atomic mass is 79.9. The van der Waals surface area contributed by atoms with Gasteiger partial charge in [-0.25, -0.2) is 0 Å². The fourth-order valence-electron chi connectivity index (χ4n) is 2.61. The van der Waals surface area contributed by atoms with Crippen LogP contribution < -0.4 is 10.1 Å². The number of likely N-dealkylation sites (tertiary alicyclic amines) is 1. The first-order valence-electron chi connectivity index (χ1n) is 7.78. The molecule has 1 aliphatic rings. The van der Waals surface area contributed by atoms with Gasteiger partial charge in [0.1, 0.15) is 5.75 Å². The SMILES string of the molecule is O=C1CCCCCN1CCNCc1cc(Br)ccc1OC(F)F. The summed E-state index contributed by atoms with van der Waals surface area (Å²) in [6, 6.07) is 4.94. The lowest BCUT2D eigenvalue weighted by Gasteiger charge is -2.21. The van der Waals surface area contributed by atoms with Crippen LogP contribution in [0.3, 0.4) is 0 Å². The first kappa shape index (κ1) is 18.1. The van der Waals surface area contributed by atoms with Crippen LogP contribution in [0.5, 0.6) is 5.75 Å². The smallest absolute Gasteiger partial charge is 0.387 e. The molecule has 0 aliphatic carbocycles. The number of benzene rings is 1. The fraction of sp³-hybridized carbons (Fsp3) is 0.562. The molecule has 4 nitrogen and oxygen atoms in total. The predicted molar refractivity (Wildman–Crippen MR) is 87.5 cm³/mol. The van der Waals surface area contributed by atoms with Gasteiger partial charge >= 0.3 is 6.61 Å². The maximum Gasteiger partial charge on any atom is 0.387 e. The van der Waals surface area contributed by atoms with E-state index < -0.39 is 6.61 Å². The molecule has 1 aromatic carbocycles. The Morgan fingerprint density at radius 3 is 2.91 bits per heavy atom. The van der Waals surface area contributed by atoms with Gasteiger partial charge < -0.3 is 15.0 Å². The largest absolute Gasteiger partial charge is 0.434 e. The summed E-state index contributed by atoms with van der Waals surface area (Å²) >= 11 is 3.33. The lowest BCUT2D eigenvalue weighted by atomic mass is 10.2. The molecule has 0 spiro atoms. The highest BCUT2D eigenvalue weighted by Crippen LogP contribution is 2.24. The molecule has 0 saturated carbocycles. The first-order chi connectivity index (χ1) is 11.1. The molecule has 1 amide bonds. The Morgan fingerprint density at radius 2 is 2.13 bits per heavy atom. The third kappa shape index (κ3) is 6.06. The summed E-state index contributed by atoms with van der Waals surface area (Å²) in [4.78, 5) is 13.8. The number of nitrogens with one attached hydrogen (secondary N) is 1. The van der Waals surface area contributed by atoms with E-state index in [1.807, 2.05) is 4.90 Å². The van der Waals surface area contributed by atoms with Crippen LogP contribution in [-0.2, 0) is 11.3 Å². The number of hydrogen-bond acceptors (Lipinski definition) is 3. The molecule has 1 aromatic rings. The number of nitrogens with zero attached hydrogens (tertiary/aromatic N) is 1. The van der Waals surface area contributed by atoms with Crippen LogP contribution in [-0.4, -0.2) is 37.1 Å². The molecular formula is C16H21BrF2N2O2. The van der Waals surface area contributed by atoms with Crippen molar-refractivity contribution in [3.63, 3.8) is 0 Å². The Balaban J connectivity index is 1.83. The maximum absolute atomic E-state index is 12.4. The number of rotatable bonds is 7. The molecule has 128 valence electrons. The van der Waals surface area contributed by atoms with Gasteiger partial charge in [-0.3, -0.25) is 4.79 Å². The van der Waals surface area contributed by atoms with Crippen molar-refractivity contribution in [2.24, 2.45) is 0 Å². The Morgan fingerprint density at radius 1 is 1.30 bits per heavy atom. The van der Waals surface area contributed by atoms with Gasteiger partial charge in [0.25, 0.3) is 0 Å². The van der Waals surface area contributed by atoms with Gasteiger partial charge in [0.2, 0.25) is 5.91 Å². The highest BCUT2D eigenvalue weighted by Gasteiger charge is 2.16. The van der Waals surface area contributed by atoms with Gasteiger partial charge in [-0.05, 0) is 31.0 Å². The molecule has 0 aromatic heterocycles. The topological polar surface area (TPSA) is 41.6 Å². The molecular weight excluding hydrogens is 370 g/mol. The summed E-state index contributed by atoms with van der Waals surface area (Å²) < 4.78 is 30.2. The molecule has 0 bridgehead atoms. The van der Waals surface area contributed by atoms with Crippen LogP contribution in [0.15, 0.2) is 22.7 Å². The third-order valence-electron chi connectivity index (χ3n) is 3.78. The van der Waals surface area contributed by atoms with Gasteiger partial charge in [0, 0.05) is 42.6 Å². The van der Waals surface area contributed by atoms with E-state index in [2.05, 4.69) is 26.0 Å². The van der Waals surface area contributed by atoms with Crippen molar-refractivity contribution in [2.75, 3.05) is 19.6 Å². The van der Waals surface area contributed by atoms with Crippen molar-refractivity contribution in [1.82, 2.24) is 10.2 Å². The fourth-order valence-corrected chi connectivity index (χ4v) is 3.02. The molecule has 7 heteroatoms. The molecule has 1 N–H and O–H groups in total. The van der Waals surface area contributed by atoms with Crippen molar-refractivity contribution < 1.29 is 18.3 Å². The second-order valence-corrected chi connectivity index (χ2v) is 6.41. The van der Waals surface area contributed by atoms with E-state index in [1.165, 1.54) is 6.07 Å². The number of carbonyl (C=O) groups excluding carboxylic acids is 1. The molecule has 23 heavy (non-hydrogen) atoms. The minimum atomic E-state index is -2.84. The minimum Gasteiger partial charge on any atom is -0.434 e. The lowest BCUT2D eigenvalue weighted by molar-refractivity contribution is -0.130. The Bertz CT molecular complexity index is 529. The standard InChI is InChI=1S/C16H21BrF2N2O2/c17-13-5-6-14(23-16(18)19)12(10-13)11-20-7-9-21-8-3-1-2-4-15(21)22/h5-6,10,16,20H,1-4,7-9,11H2. The summed E-state index contributed by atoms with van der Waals surface area (Å²) in [5, 5.41) is 3.19. The van der Waals surface area contributed by atoms with E-state index in [0.29, 0.717) is 31.6 Å². The number of amides is 1. The average molecular weight is 391 g/mol. The number of halogens is 3. The minimum absolute atomic E-state index is 0.168. The Kier molecular flexibility index (Phi) is 7.23. The maximum atomic E-state index is 12.4. The van der Waals surface area contributed by atoms with Crippen LogP contribution >= 0.6 is 15.9 Å². The summed E-state index contributed by atoms with van der Waals surface area (Å²) in [6.45, 7) is -0.380. The number of ether oxygens (including phenoxy) is 1. The first-order valence-corrected chi connectivity index (χ1v) is 8.57. The normalized spacial score (nSPS) is 15.8.